The SMILES string of the molecule is CNC(=O)c1nc(-c2ccccc2)n2c1C[C@@H]1CC[C@H](C2)N1C(=O)c1ccc(F)cn1. The van der Waals surface area contributed by atoms with E-state index >= 15 is 0 Å². The van der Waals surface area contributed by atoms with Crippen molar-refractivity contribution >= 4 is 11.8 Å². The fourth-order valence-electron chi connectivity index (χ4n) is 4.74. The Bertz CT molecular complexity index is 1140. The van der Waals surface area contributed by atoms with E-state index in [2.05, 4.69) is 14.9 Å². The Kier molecular flexibility index (Phi) is 4.77. The summed E-state index contributed by atoms with van der Waals surface area (Å²) in [6, 6.07) is 12.3. The molecule has 2 atom stereocenters. The molecule has 7 nitrogen and oxygen atoms in total. The third-order valence-corrected chi connectivity index (χ3v) is 6.17. The van der Waals surface area contributed by atoms with Crippen LogP contribution in [0.25, 0.3) is 11.4 Å². The summed E-state index contributed by atoms with van der Waals surface area (Å²) >= 11 is 0. The lowest BCUT2D eigenvalue weighted by Crippen LogP contribution is -2.42. The third-order valence-electron chi connectivity index (χ3n) is 6.17. The van der Waals surface area contributed by atoms with Crippen molar-refractivity contribution in [3.63, 3.8) is 0 Å². The smallest absolute Gasteiger partial charge is 0.273 e. The molecule has 1 N–H and O–H groups in total. The van der Waals surface area contributed by atoms with Gasteiger partial charge in [-0.1, -0.05) is 30.3 Å². The van der Waals surface area contributed by atoms with Crippen LogP contribution in [0.1, 0.15) is 39.5 Å². The molecule has 1 fully saturated rings. The van der Waals surface area contributed by atoms with Crippen molar-refractivity contribution in [2.75, 3.05) is 7.05 Å². The first-order valence-corrected chi connectivity index (χ1v) is 10.4. The van der Waals surface area contributed by atoms with E-state index in [1.165, 1.54) is 12.1 Å². The Balaban J connectivity index is 1.57. The molecule has 2 bridgehead atoms. The number of imidazole rings is 1. The molecule has 0 spiro atoms. The number of nitrogens with zero attached hydrogens (tertiary/aromatic N) is 4. The molecule has 2 aromatic heterocycles. The van der Waals surface area contributed by atoms with Crippen molar-refractivity contribution in [3.05, 3.63) is 71.6 Å². The molecule has 2 aliphatic rings. The summed E-state index contributed by atoms with van der Waals surface area (Å²) in [6.07, 6.45) is 3.30. The summed E-state index contributed by atoms with van der Waals surface area (Å²) in [6.45, 7) is 0.549. The minimum atomic E-state index is -0.472. The van der Waals surface area contributed by atoms with E-state index in [1.54, 1.807) is 7.05 Å². The van der Waals surface area contributed by atoms with Gasteiger partial charge in [0.25, 0.3) is 11.8 Å². The number of amides is 2. The number of rotatable bonds is 3. The lowest BCUT2D eigenvalue weighted by Gasteiger charge is -2.27. The van der Waals surface area contributed by atoms with Crippen molar-refractivity contribution in [1.29, 1.82) is 0 Å². The lowest BCUT2D eigenvalue weighted by atomic mass is 10.1. The molecule has 4 heterocycles. The Hall–Kier alpha value is -3.55. The summed E-state index contributed by atoms with van der Waals surface area (Å²) in [5.41, 5.74) is 2.41. The normalized spacial score (nSPS) is 19.6. The van der Waals surface area contributed by atoms with Gasteiger partial charge in [-0.25, -0.2) is 14.4 Å². The molecule has 158 valence electrons. The molecular weight excluding hydrogens is 397 g/mol. The second kappa shape index (κ2) is 7.61. The van der Waals surface area contributed by atoms with Crippen LogP contribution in [0.3, 0.4) is 0 Å². The number of pyridine rings is 1. The summed E-state index contributed by atoms with van der Waals surface area (Å²) in [4.78, 5) is 36.4. The summed E-state index contributed by atoms with van der Waals surface area (Å²) in [7, 11) is 1.59. The van der Waals surface area contributed by atoms with Crippen molar-refractivity contribution in [1.82, 2.24) is 24.8 Å². The Morgan fingerprint density at radius 1 is 1.10 bits per heavy atom. The predicted octanol–water partition coefficient (Wildman–Crippen LogP) is 2.67. The van der Waals surface area contributed by atoms with E-state index in [1.807, 2.05) is 35.2 Å². The zero-order chi connectivity index (χ0) is 21.5. The van der Waals surface area contributed by atoms with Crippen LogP contribution in [0.4, 0.5) is 4.39 Å². The first kappa shape index (κ1) is 19.4. The highest BCUT2D eigenvalue weighted by atomic mass is 19.1. The predicted molar refractivity (Wildman–Crippen MR) is 112 cm³/mol. The van der Waals surface area contributed by atoms with Gasteiger partial charge in [0.2, 0.25) is 0 Å². The van der Waals surface area contributed by atoms with Gasteiger partial charge in [-0.15, -0.1) is 0 Å². The second-order valence-electron chi connectivity index (χ2n) is 7.95. The van der Waals surface area contributed by atoms with Gasteiger partial charge in [0.05, 0.1) is 17.9 Å². The second-order valence-corrected chi connectivity index (χ2v) is 7.95. The molecule has 1 saturated heterocycles. The van der Waals surface area contributed by atoms with Gasteiger partial charge in [-0.05, 0) is 25.0 Å². The summed E-state index contributed by atoms with van der Waals surface area (Å²) in [5, 5.41) is 2.68. The lowest BCUT2D eigenvalue weighted by molar-refractivity contribution is 0.0660. The molecule has 3 aromatic rings. The van der Waals surface area contributed by atoms with Crippen molar-refractivity contribution in [2.24, 2.45) is 0 Å². The average molecular weight is 419 g/mol. The molecular formula is C23H22FN5O2. The van der Waals surface area contributed by atoms with Crippen LogP contribution in [-0.2, 0) is 13.0 Å². The third kappa shape index (κ3) is 3.28. The zero-order valence-electron chi connectivity index (χ0n) is 17.1. The van der Waals surface area contributed by atoms with Gasteiger partial charge in [0.15, 0.2) is 0 Å². The number of carbonyl (C=O) groups is 2. The van der Waals surface area contributed by atoms with Gasteiger partial charge in [0.1, 0.15) is 23.0 Å². The maximum absolute atomic E-state index is 13.3. The Morgan fingerprint density at radius 2 is 1.87 bits per heavy atom. The molecule has 2 amide bonds. The highest BCUT2D eigenvalue weighted by Gasteiger charge is 2.42. The summed E-state index contributed by atoms with van der Waals surface area (Å²) in [5.74, 6) is -0.176. The zero-order valence-corrected chi connectivity index (χ0v) is 17.1. The first-order chi connectivity index (χ1) is 15.1. The van der Waals surface area contributed by atoms with Crippen LogP contribution >= 0.6 is 0 Å². The van der Waals surface area contributed by atoms with E-state index in [4.69, 9.17) is 4.98 Å². The van der Waals surface area contributed by atoms with Crippen LogP contribution in [0.2, 0.25) is 0 Å². The molecule has 0 aliphatic carbocycles. The van der Waals surface area contributed by atoms with Crippen LogP contribution in [0.5, 0.6) is 0 Å². The molecule has 0 saturated carbocycles. The van der Waals surface area contributed by atoms with Gasteiger partial charge >= 0.3 is 0 Å². The number of fused-ring (bicyclic) bond motifs is 3. The van der Waals surface area contributed by atoms with Crippen molar-refractivity contribution < 1.29 is 14.0 Å². The van der Waals surface area contributed by atoms with Crippen LogP contribution in [-0.4, -0.2) is 50.4 Å². The largest absolute Gasteiger partial charge is 0.354 e. The molecule has 5 rings (SSSR count). The number of aromatic nitrogens is 3. The van der Waals surface area contributed by atoms with E-state index in [-0.39, 0.29) is 29.6 Å². The van der Waals surface area contributed by atoms with Gasteiger partial charge in [0, 0.05) is 31.6 Å². The van der Waals surface area contributed by atoms with Crippen LogP contribution in [0.15, 0.2) is 48.7 Å². The number of halogens is 1. The molecule has 8 heteroatoms. The monoisotopic (exact) mass is 419 g/mol. The fourth-order valence-corrected chi connectivity index (χ4v) is 4.74. The minimum Gasteiger partial charge on any atom is -0.354 e. The molecule has 0 unspecified atom stereocenters. The quantitative estimate of drug-likeness (QED) is 0.708. The van der Waals surface area contributed by atoms with Gasteiger partial charge in [-0.2, -0.15) is 0 Å². The molecule has 0 radical (unpaired) electrons. The Labute approximate surface area is 178 Å². The topological polar surface area (TPSA) is 80.1 Å². The van der Waals surface area contributed by atoms with Crippen LogP contribution in [0, 0.1) is 5.82 Å². The van der Waals surface area contributed by atoms with Crippen molar-refractivity contribution in [3.8, 4) is 11.4 Å². The number of hydrogen-bond acceptors (Lipinski definition) is 4. The van der Waals surface area contributed by atoms with Gasteiger partial charge < -0.3 is 14.8 Å². The number of benzene rings is 1. The number of carbonyl (C=O) groups excluding carboxylic acids is 2. The first-order valence-electron chi connectivity index (χ1n) is 10.4. The van der Waals surface area contributed by atoms with Gasteiger partial charge in [-0.3, -0.25) is 9.59 Å². The fraction of sp³-hybridized carbons (Fsp3) is 0.304. The molecule has 1 aromatic carbocycles. The maximum atomic E-state index is 13.3. The molecule has 31 heavy (non-hydrogen) atoms. The molecule has 2 aliphatic heterocycles. The number of nitrogens with one attached hydrogen (secondary N) is 1. The van der Waals surface area contributed by atoms with E-state index < -0.39 is 5.82 Å². The van der Waals surface area contributed by atoms with E-state index in [0.717, 1.165) is 36.1 Å². The van der Waals surface area contributed by atoms with E-state index in [0.29, 0.717) is 18.7 Å². The maximum Gasteiger partial charge on any atom is 0.273 e. The number of hydrogen-bond donors (Lipinski definition) is 1. The minimum absolute atomic E-state index is 0.0418. The summed E-state index contributed by atoms with van der Waals surface area (Å²) < 4.78 is 15.4. The highest BCUT2D eigenvalue weighted by molar-refractivity contribution is 5.95. The Morgan fingerprint density at radius 3 is 2.58 bits per heavy atom. The van der Waals surface area contributed by atoms with Crippen LogP contribution < -0.4 is 5.32 Å². The van der Waals surface area contributed by atoms with E-state index in [9.17, 15) is 14.0 Å². The standard InChI is InChI=1S/C23H22FN5O2/c1-25-22(30)20-19-11-16-8-9-17(29(16)23(31)18-10-7-15(24)12-26-18)13-28(19)21(27-20)14-5-3-2-4-6-14/h2-7,10,12,16-17H,8-9,11,13H2,1H3,(H,25,30)/t16-,17+/m0/s1. The highest BCUT2D eigenvalue weighted by Crippen LogP contribution is 2.36. The average Bonchev–Trinajstić information content (AvgIpc) is 3.30. The van der Waals surface area contributed by atoms with Crippen molar-refractivity contribution in [2.45, 2.75) is 37.9 Å².